The van der Waals surface area contributed by atoms with Crippen LogP contribution >= 0.6 is 0 Å². The molecule has 0 fully saturated rings. The third-order valence-corrected chi connectivity index (χ3v) is 3.62. The average Bonchev–Trinajstić information content (AvgIpc) is 3.07. The number of pyridine rings is 1. The van der Waals surface area contributed by atoms with Crippen molar-refractivity contribution in [3.05, 3.63) is 59.3 Å². The van der Waals surface area contributed by atoms with Crippen molar-refractivity contribution in [3.8, 4) is 0 Å². The molecule has 1 N–H and O–H groups in total. The molecule has 3 rings (SSSR count). The highest BCUT2D eigenvalue weighted by Crippen LogP contribution is 2.21. The minimum Gasteiger partial charge on any atom is -0.382 e. The number of Topliss-reactive ketones (excluding diaryl/α,β-unsaturated/α-hetero) is 1. The highest BCUT2D eigenvalue weighted by atomic mass is 19.1. The van der Waals surface area contributed by atoms with Crippen LogP contribution in [0.25, 0.3) is 0 Å². The summed E-state index contributed by atoms with van der Waals surface area (Å²) in [5.74, 6) is -1.68. The molecule has 0 aliphatic carbocycles. The van der Waals surface area contributed by atoms with Crippen LogP contribution in [0.2, 0.25) is 0 Å². The molecule has 1 unspecified atom stereocenters. The van der Waals surface area contributed by atoms with Crippen molar-refractivity contribution in [2.45, 2.75) is 19.4 Å². The molecular formula is C17H13F2N3O3. The van der Waals surface area contributed by atoms with Gasteiger partial charge in [-0.25, -0.2) is 13.8 Å². The second kappa shape index (κ2) is 6.76. The molecule has 1 aliphatic heterocycles. The number of carbonyl (C=O) groups excluding carboxylic acids is 2. The van der Waals surface area contributed by atoms with Gasteiger partial charge in [-0.3, -0.25) is 9.59 Å². The summed E-state index contributed by atoms with van der Waals surface area (Å²) in [5, 5.41) is 6.19. The number of halogens is 2. The van der Waals surface area contributed by atoms with Gasteiger partial charge in [0.25, 0.3) is 5.91 Å². The van der Waals surface area contributed by atoms with Gasteiger partial charge in [-0.15, -0.1) is 0 Å². The van der Waals surface area contributed by atoms with E-state index in [1.54, 1.807) is 0 Å². The van der Waals surface area contributed by atoms with Gasteiger partial charge in [-0.05, 0) is 37.3 Å². The lowest BCUT2D eigenvalue weighted by molar-refractivity contribution is -0.125. The molecule has 128 valence electrons. The standard InChI is InChI=1S/C17H13F2N3O3/c1-9(23)10-2-5-16(20-8-10)21-17(24)15-7-14(22-25-15)12-6-11(18)3-4-13(12)19/h2-6,8,15H,7H2,1H3,(H,20,21,24). The second-order valence-electron chi connectivity index (χ2n) is 5.44. The first kappa shape index (κ1) is 16.7. The zero-order valence-corrected chi connectivity index (χ0v) is 13.1. The summed E-state index contributed by atoms with van der Waals surface area (Å²) in [5.41, 5.74) is 0.526. The fourth-order valence-corrected chi connectivity index (χ4v) is 2.28. The number of anilines is 1. The molecule has 0 saturated heterocycles. The van der Waals surface area contributed by atoms with E-state index in [-0.39, 0.29) is 29.3 Å². The summed E-state index contributed by atoms with van der Waals surface area (Å²) in [6.07, 6.45) is 0.363. The number of nitrogens with zero attached hydrogens (tertiary/aromatic N) is 2. The quantitative estimate of drug-likeness (QED) is 0.864. The van der Waals surface area contributed by atoms with Crippen LogP contribution in [0.4, 0.5) is 14.6 Å². The maximum absolute atomic E-state index is 13.8. The molecule has 1 atom stereocenters. The van der Waals surface area contributed by atoms with E-state index in [1.807, 2.05) is 0 Å². The van der Waals surface area contributed by atoms with Crippen molar-refractivity contribution in [2.75, 3.05) is 5.32 Å². The molecule has 0 bridgehead atoms. The number of benzene rings is 1. The Hall–Kier alpha value is -3.16. The number of aromatic nitrogens is 1. The lowest BCUT2D eigenvalue weighted by Crippen LogP contribution is -2.28. The fourth-order valence-electron chi connectivity index (χ4n) is 2.28. The maximum Gasteiger partial charge on any atom is 0.269 e. The summed E-state index contributed by atoms with van der Waals surface area (Å²) in [6, 6.07) is 6.00. The average molecular weight is 345 g/mol. The SMILES string of the molecule is CC(=O)c1ccc(NC(=O)C2CC(c3cc(F)ccc3F)=NO2)nc1. The highest BCUT2D eigenvalue weighted by molar-refractivity contribution is 6.06. The number of oxime groups is 1. The van der Waals surface area contributed by atoms with E-state index in [0.29, 0.717) is 5.56 Å². The number of carbonyl (C=O) groups is 2. The van der Waals surface area contributed by atoms with Crippen LogP contribution in [0.3, 0.4) is 0 Å². The van der Waals surface area contributed by atoms with Crippen molar-refractivity contribution in [2.24, 2.45) is 5.16 Å². The van der Waals surface area contributed by atoms with Crippen molar-refractivity contribution < 1.29 is 23.2 Å². The van der Waals surface area contributed by atoms with Crippen LogP contribution in [-0.4, -0.2) is 28.5 Å². The van der Waals surface area contributed by atoms with Crippen molar-refractivity contribution in [3.63, 3.8) is 0 Å². The van der Waals surface area contributed by atoms with Crippen LogP contribution in [0.5, 0.6) is 0 Å². The zero-order chi connectivity index (χ0) is 18.0. The van der Waals surface area contributed by atoms with Crippen LogP contribution in [0.1, 0.15) is 29.3 Å². The summed E-state index contributed by atoms with van der Waals surface area (Å²) in [6.45, 7) is 1.41. The smallest absolute Gasteiger partial charge is 0.269 e. The van der Waals surface area contributed by atoms with Gasteiger partial charge in [-0.2, -0.15) is 0 Å². The molecule has 0 saturated carbocycles. The Kier molecular flexibility index (Phi) is 4.51. The molecule has 25 heavy (non-hydrogen) atoms. The van der Waals surface area contributed by atoms with Crippen LogP contribution in [0, 0.1) is 11.6 Å². The largest absolute Gasteiger partial charge is 0.382 e. The Balaban J connectivity index is 1.65. The molecule has 2 heterocycles. The number of hydrogen-bond acceptors (Lipinski definition) is 5. The minimum atomic E-state index is -0.980. The Bertz CT molecular complexity index is 866. The van der Waals surface area contributed by atoms with E-state index in [2.05, 4.69) is 15.5 Å². The van der Waals surface area contributed by atoms with E-state index in [1.165, 1.54) is 25.3 Å². The van der Waals surface area contributed by atoms with Crippen molar-refractivity contribution in [1.82, 2.24) is 4.98 Å². The Morgan fingerprint density at radius 3 is 2.72 bits per heavy atom. The highest BCUT2D eigenvalue weighted by Gasteiger charge is 2.30. The lowest BCUT2D eigenvalue weighted by atomic mass is 10.0. The third-order valence-electron chi connectivity index (χ3n) is 3.62. The molecule has 1 aromatic heterocycles. The molecule has 6 nitrogen and oxygen atoms in total. The van der Waals surface area contributed by atoms with Gasteiger partial charge in [-0.1, -0.05) is 5.16 Å². The Morgan fingerprint density at radius 2 is 2.04 bits per heavy atom. The molecule has 2 aromatic rings. The molecular weight excluding hydrogens is 332 g/mol. The van der Waals surface area contributed by atoms with E-state index in [0.717, 1.165) is 18.2 Å². The van der Waals surface area contributed by atoms with Crippen LogP contribution < -0.4 is 5.32 Å². The first-order valence-electron chi connectivity index (χ1n) is 7.40. The van der Waals surface area contributed by atoms with E-state index >= 15 is 0 Å². The van der Waals surface area contributed by atoms with Gasteiger partial charge in [0.05, 0.1) is 5.71 Å². The monoisotopic (exact) mass is 345 g/mol. The van der Waals surface area contributed by atoms with Crippen LogP contribution in [0.15, 0.2) is 41.7 Å². The van der Waals surface area contributed by atoms with Crippen molar-refractivity contribution in [1.29, 1.82) is 0 Å². The lowest BCUT2D eigenvalue weighted by Gasteiger charge is -2.09. The maximum atomic E-state index is 13.8. The van der Waals surface area contributed by atoms with Gasteiger partial charge >= 0.3 is 0 Å². The van der Waals surface area contributed by atoms with Gasteiger partial charge in [0, 0.05) is 23.7 Å². The van der Waals surface area contributed by atoms with Gasteiger partial charge in [0.1, 0.15) is 17.5 Å². The third kappa shape index (κ3) is 3.68. The predicted molar refractivity (Wildman–Crippen MR) is 85.3 cm³/mol. The van der Waals surface area contributed by atoms with Gasteiger partial charge < -0.3 is 10.2 Å². The molecule has 0 spiro atoms. The summed E-state index contributed by atoms with van der Waals surface area (Å²) in [7, 11) is 0. The van der Waals surface area contributed by atoms with Crippen molar-refractivity contribution >= 4 is 23.2 Å². The first-order valence-corrected chi connectivity index (χ1v) is 7.40. The first-order chi connectivity index (χ1) is 11.9. The fraction of sp³-hybridized carbons (Fsp3) is 0.176. The molecule has 1 amide bonds. The van der Waals surface area contributed by atoms with Gasteiger partial charge in [0.15, 0.2) is 5.78 Å². The Labute approximate surface area is 141 Å². The zero-order valence-electron chi connectivity index (χ0n) is 13.1. The molecule has 1 aliphatic rings. The van der Waals surface area contributed by atoms with E-state index < -0.39 is 23.6 Å². The normalized spacial score (nSPS) is 16.1. The number of rotatable bonds is 4. The number of amides is 1. The molecule has 1 aromatic carbocycles. The predicted octanol–water partition coefficient (Wildman–Crippen LogP) is 2.69. The van der Waals surface area contributed by atoms with E-state index in [4.69, 9.17) is 4.84 Å². The minimum absolute atomic E-state index is 0.00225. The second-order valence-corrected chi connectivity index (χ2v) is 5.44. The van der Waals surface area contributed by atoms with Gasteiger partial charge in [0.2, 0.25) is 6.10 Å². The number of ketones is 1. The topological polar surface area (TPSA) is 80.7 Å². The number of nitrogens with one attached hydrogen (secondary N) is 1. The molecule has 0 radical (unpaired) electrons. The number of hydrogen-bond donors (Lipinski definition) is 1. The summed E-state index contributed by atoms with van der Waals surface area (Å²) < 4.78 is 27.0. The molecule has 8 heteroatoms. The summed E-state index contributed by atoms with van der Waals surface area (Å²) in [4.78, 5) is 32.3. The summed E-state index contributed by atoms with van der Waals surface area (Å²) >= 11 is 0. The van der Waals surface area contributed by atoms with E-state index in [9.17, 15) is 18.4 Å². The Morgan fingerprint density at radius 1 is 1.24 bits per heavy atom. The van der Waals surface area contributed by atoms with Crippen LogP contribution in [-0.2, 0) is 9.63 Å².